The molecular weight excluding hydrogens is 266 g/mol. The van der Waals surface area contributed by atoms with Gasteiger partial charge in [-0.3, -0.25) is 14.6 Å². The summed E-state index contributed by atoms with van der Waals surface area (Å²) >= 11 is 0. The molecule has 1 aromatic heterocycles. The second kappa shape index (κ2) is 4.83. The first kappa shape index (κ1) is 12.8. The molecule has 110 valence electrons. The first-order chi connectivity index (χ1) is 10.2. The molecule has 0 aromatic carbocycles. The highest BCUT2D eigenvalue weighted by molar-refractivity contribution is 5.89. The van der Waals surface area contributed by atoms with Crippen molar-refractivity contribution >= 4 is 11.8 Å². The number of pyridine rings is 1. The molecule has 0 bridgehead atoms. The van der Waals surface area contributed by atoms with Gasteiger partial charge in [-0.05, 0) is 24.5 Å². The van der Waals surface area contributed by atoms with Crippen LogP contribution in [-0.2, 0) is 22.6 Å². The lowest BCUT2D eigenvalue weighted by atomic mass is 10.0. The van der Waals surface area contributed by atoms with Gasteiger partial charge in [-0.25, -0.2) is 0 Å². The normalized spacial score (nSPS) is 25.1. The van der Waals surface area contributed by atoms with Crippen molar-refractivity contribution in [1.82, 2.24) is 14.8 Å². The van der Waals surface area contributed by atoms with Gasteiger partial charge in [0.15, 0.2) is 0 Å². The molecule has 1 aromatic rings. The SMILES string of the molecule is O=C([C@@H]1CC(=O)N(C2CC2)C1)N1CCc2ncccc2C1. The van der Waals surface area contributed by atoms with E-state index in [9.17, 15) is 9.59 Å². The average molecular weight is 285 g/mol. The lowest BCUT2D eigenvalue weighted by Gasteiger charge is -2.30. The zero-order chi connectivity index (χ0) is 14.4. The van der Waals surface area contributed by atoms with Crippen LogP contribution in [0.3, 0.4) is 0 Å². The Balaban J connectivity index is 1.45. The molecule has 2 fully saturated rings. The number of hydrogen-bond acceptors (Lipinski definition) is 3. The molecule has 3 aliphatic rings. The van der Waals surface area contributed by atoms with Crippen molar-refractivity contribution in [2.75, 3.05) is 13.1 Å². The number of hydrogen-bond donors (Lipinski definition) is 0. The summed E-state index contributed by atoms with van der Waals surface area (Å²) in [6, 6.07) is 4.38. The van der Waals surface area contributed by atoms with E-state index < -0.39 is 0 Å². The fourth-order valence-electron chi connectivity index (χ4n) is 3.45. The van der Waals surface area contributed by atoms with Gasteiger partial charge in [0.25, 0.3) is 0 Å². The number of carbonyl (C=O) groups excluding carboxylic acids is 2. The molecule has 21 heavy (non-hydrogen) atoms. The molecule has 0 N–H and O–H groups in total. The molecule has 5 heteroatoms. The van der Waals surface area contributed by atoms with Crippen molar-refractivity contribution in [2.24, 2.45) is 5.92 Å². The highest BCUT2D eigenvalue weighted by Gasteiger charge is 2.43. The molecule has 0 spiro atoms. The van der Waals surface area contributed by atoms with Crippen LogP contribution in [0.25, 0.3) is 0 Å². The number of fused-ring (bicyclic) bond motifs is 1. The second-order valence-corrected chi connectivity index (χ2v) is 6.30. The van der Waals surface area contributed by atoms with Gasteiger partial charge in [-0.15, -0.1) is 0 Å². The first-order valence-corrected chi connectivity index (χ1v) is 7.73. The Morgan fingerprint density at radius 2 is 2.19 bits per heavy atom. The summed E-state index contributed by atoms with van der Waals surface area (Å²) in [6.45, 7) is 1.98. The average Bonchev–Trinajstić information content (AvgIpc) is 3.28. The van der Waals surface area contributed by atoms with Gasteiger partial charge in [0, 0.05) is 50.4 Å². The molecule has 0 unspecified atom stereocenters. The fraction of sp³-hybridized carbons (Fsp3) is 0.562. The van der Waals surface area contributed by atoms with Crippen LogP contribution in [0.15, 0.2) is 18.3 Å². The quantitative estimate of drug-likeness (QED) is 0.814. The van der Waals surface area contributed by atoms with Crippen LogP contribution in [0.1, 0.15) is 30.5 Å². The molecule has 1 atom stereocenters. The molecule has 0 radical (unpaired) electrons. The summed E-state index contributed by atoms with van der Waals surface area (Å²) in [4.78, 5) is 32.9. The Hall–Kier alpha value is -1.91. The smallest absolute Gasteiger partial charge is 0.228 e. The van der Waals surface area contributed by atoms with E-state index in [0.29, 0.717) is 25.6 Å². The Bertz CT molecular complexity index is 597. The number of likely N-dealkylation sites (tertiary alicyclic amines) is 1. The lowest BCUT2D eigenvalue weighted by Crippen LogP contribution is -2.41. The number of nitrogens with zero attached hydrogens (tertiary/aromatic N) is 3. The van der Waals surface area contributed by atoms with E-state index in [1.807, 2.05) is 21.9 Å². The van der Waals surface area contributed by atoms with Crippen LogP contribution in [-0.4, -0.2) is 45.7 Å². The first-order valence-electron chi connectivity index (χ1n) is 7.73. The van der Waals surface area contributed by atoms with Crippen molar-refractivity contribution in [3.05, 3.63) is 29.6 Å². The molecule has 4 rings (SSSR count). The zero-order valence-corrected chi connectivity index (χ0v) is 12.0. The van der Waals surface area contributed by atoms with Gasteiger partial charge in [-0.1, -0.05) is 6.07 Å². The van der Waals surface area contributed by atoms with E-state index in [1.54, 1.807) is 6.20 Å². The maximum atomic E-state index is 12.7. The molecule has 3 heterocycles. The summed E-state index contributed by atoms with van der Waals surface area (Å²) < 4.78 is 0. The molecule has 1 saturated heterocycles. The monoisotopic (exact) mass is 285 g/mol. The maximum Gasteiger partial charge on any atom is 0.228 e. The summed E-state index contributed by atoms with van der Waals surface area (Å²) in [7, 11) is 0. The van der Waals surface area contributed by atoms with E-state index in [4.69, 9.17) is 0 Å². The highest BCUT2D eigenvalue weighted by atomic mass is 16.2. The summed E-state index contributed by atoms with van der Waals surface area (Å²) in [5.74, 6) is 0.159. The predicted molar refractivity (Wildman–Crippen MR) is 76.2 cm³/mol. The van der Waals surface area contributed by atoms with Gasteiger partial charge in [0.2, 0.25) is 11.8 Å². The van der Waals surface area contributed by atoms with Crippen LogP contribution in [0.4, 0.5) is 0 Å². The van der Waals surface area contributed by atoms with Crippen molar-refractivity contribution in [3.8, 4) is 0 Å². The third-order valence-corrected chi connectivity index (χ3v) is 4.77. The van der Waals surface area contributed by atoms with Gasteiger partial charge in [0.1, 0.15) is 0 Å². The third-order valence-electron chi connectivity index (χ3n) is 4.77. The number of rotatable bonds is 2. The van der Waals surface area contributed by atoms with E-state index in [-0.39, 0.29) is 17.7 Å². The Morgan fingerprint density at radius 1 is 1.33 bits per heavy atom. The highest BCUT2D eigenvalue weighted by Crippen LogP contribution is 2.33. The summed E-state index contributed by atoms with van der Waals surface area (Å²) in [6.07, 6.45) is 5.23. The molecule has 2 amide bonds. The Morgan fingerprint density at radius 3 is 3.00 bits per heavy atom. The minimum atomic E-state index is -0.142. The predicted octanol–water partition coefficient (Wildman–Crippen LogP) is 0.977. The number of amides is 2. The fourth-order valence-corrected chi connectivity index (χ4v) is 3.45. The van der Waals surface area contributed by atoms with Gasteiger partial charge in [0.05, 0.1) is 5.92 Å². The Kier molecular flexibility index (Phi) is 2.94. The van der Waals surface area contributed by atoms with Crippen molar-refractivity contribution < 1.29 is 9.59 Å². The molecule has 5 nitrogen and oxygen atoms in total. The zero-order valence-electron chi connectivity index (χ0n) is 12.0. The Labute approximate surface area is 123 Å². The third kappa shape index (κ3) is 2.30. The van der Waals surface area contributed by atoms with Crippen molar-refractivity contribution in [2.45, 2.75) is 38.3 Å². The van der Waals surface area contributed by atoms with E-state index >= 15 is 0 Å². The van der Waals surface area contributed by atoms with Gasteiger partial charge in [-0.2, -0.15) is 0 Å². The van der Waals surface area contributed by atoms with Gasteiger partial charge < -0.3 is 9.80 Å². The topological polar surface area (TPSA) is 53.5 Å². The number of aromatic nitrogens is 1. The lowest BCUT2D eigenvalue weighted by molar-refractivity contribution is -0.136. The minimum Gasteiger partial charge on any atom is -0.339 e. The van der Waals surface area contributed by atoms with Crippen LogP contribution < -0.4 is 0 Å². The minimum absolute atomic E-state index is 0.140. The van der Waals surface area contributed by atoms with Crippen LogP contribution in [0.5, 0.6) is 0 Å². The molecule has 1 aliphatic carbocycles. The van der Waals surface area contributed by atoms with Crippen molar-refractivity contribution in [3.63, 3.8) is 0 Å². The largest absolute Gasteiger partial charge is 0.339 e. The maximum absolute atomic E-state index is 12.7. The summed E-state index contributed by atoms with van der Waals surface area (Å²) in [5, 5.41) is 0. The van der Waals surface area contributed by atoms with Crippen molar-refractivity contribution in [1.29, 1.82) is 0 Å². The molecular formula is C16H19N3O2. The van der Waals surface area contributed by atoms with Crippen LogP contribution in [0, 0.1) is 5.92 Å². The second-order valence-electron chi connectivity index (χ2n) is 6.30. The van der Waals surface area contributed by atoms with E-state index in [2.05, 4.69) is 4.98 Å². The van der Waals surface area contributed by atoms with Crippen LogP contribution in [0.2, 0.25) is 0 Å². The van der Waals surface area contributed by atoms with E-state index in [1.165, 1.54) is 0 Å². The molecule has 1 saturated carbocycles. The van der Waals surface area contributed by atoms with Crippen LogP contribution >= 0.6 is 0 Å². The number of carbonyl (C=O) groups is 2. The molecule has 2 aliphatic heterocycles. The summed E-state index contributed by atoms with van der Waals surface area (Å²) in [5.41, 5.74) is 2.24. The van der Waals surface area contributed by atoms with E-state index in [0.717, 1.165) is 37.1 Å². The van der Waals surface area contributed by atoms with Gasteiger partial charge >= 0.3 is 0 Å². The standard InChI is InChI=1S/C16H19N3O2/c20-15-8-12(10-19(15)13-3-4-13)16(21)18-7-5-14-11(9-18)2-1-6-17-14/h1-2,6,12-13H,3-5,7-10H2/t12-/m1/s1.